The molecule has 0 amide bonds. The quantitative estimate of drug-likeness (QED) is 0.846. The molecule has 92 valence electrons. The molecule has 2 rings (SSSR count). The molecule has 4 nitrogen and oxygen atoms in total. The largest absolute Gasteiger partial charge is 0.296 e. The molecular formula is C11H12ClNO3S. The molecule has 1 aromatic rings. The third kappa shape index (κ3) is 1.99. The average Bonchev–Trinajstić information content (AvgIpc) is 2.34. The average molecular weight is 274 g/mol. The Kier molecular flexibility index (Phi) is 2.80. The number of halogens is 1. The molecule has 0 spiro atoms. The number of sulfonamides is 1. The molecule has 1 fully saturated rings. The number of ketones is 1. The van der Waals surface area contributed by atoms with Crippen molar-refractivity contribution >= 4 is 27.4 Å². The highest BCUT2D eigenvalue weighted by atomic mass is 35.5. The smallest absolute Gasteiger partial charge is 0.226 e. The zero-order valence-electron chi connectivity index (χ0n) is 9.40. The van der Waals surface area contributed by atoms with Gasteiger partial charge in [0.2, 0.25) is 10.0 Å². The first kappa shape index (κ1) is 12.5. The summed E-state index contributed by atoms with van der Waals surface area (Å²) < 4.78 is 26.3. The van der Waals surface area contributed by atoms with Crippen molar-refractivity contribution in [2.75, 3.05) is 0 Å². The van der Waals surface area contributed by atoms with Gasteiger partial charge in [0.05, 0.1) is 5.54 Å². The van der Waals surface area contributed by atoms with E-state index in [2.05, 4.69) is 4.72 Å². The maximum absolute atomic E-state index is 12.1. The molecule has 1 saturated heterocycles. The van der Waals surface area contributed by atoms with Gasteiger partial charge in [-0.2, -0.15) is 0 Å². The van der Waals surface area contributed by atoms with E-state index in [0.29, 0.717) is 5.56 Å². The highest BCUT2D eigenvalue weighted by Crippen LogP contribution is 2.37. The molecule has 0 radical (unpaired) electrons. The number of benzene rings is 1. The molecule has 0 aliphatic carbocycles. The lowest BCUT2D eigenvalue weighted by Crippen LogP contribution is -2.39. The third-order valence-corrected chi connectivity index (χ3v) is 4.98. The first-order chi connectivity index (χ1) is 7.76. The van der Waals surface area contributed by atoms with Gasteiger partial charge in [0.1, 0.15) is 0 Å². The van der Waals surface area contributed by atoms with Crippen LogP contribution in [0.5, 0.6) is 0 Å². The molecular weight excluding hydrogens is 262 g/mol. The van der Waals surface area contributed by atoms with E-state index in [0.717, 1.165) is 0 Å². The number of carbonyl (C=O) groups is 1. The highest BCUT2D eigenvalue weighted by molar-refractivity contribution is 7.91. The van der Waals surface area contributed by atoms with E-state index in [1.165, 1.54) is 0 Å². The minimum atomic E-state index is -3.70. The first-order valence-electron chi connectivity index (χ1n) is 5.07. The Morgan fingerprint density at radius 3 is 2.35 bits per heavy atom. The molecule has 1 aromatic carbocycles. The lowest BCUT2D eigenvalue weighted by Gasteiger charge is -2.13. The molecule has 17 heavy (non-hydrogen) atoms. The highest BCUT2D eigenvalue weighted by Gasteiger charge is 2.52. The van der Waals surface area contributed by atoms with Crippen molar-refractivity contribution in [3.8, 4) is 0 Å². The van der Waals surface area contributed by atoms with E-state index in [1.54, 1.807) is 38.1 Å². The van der Waals surface area contributed by atoms with Crippen LogP contribution >= 0.6 is 11.6 Å². The molecule has 0 bridgehead atoms. The van der Waals surface area contributed by atoms with Crippen LogP contribution in [0, 0.1) is 0 Å². The van der Waals surface area contributed by atoms with Crippen LogP contribution in [0.3, 0.4) is 0 Å². The Morgan fingerprint density at radius 1 is 1.29 bits per heavy atom. The zero-order chi connectivity index (χ0) is 12.8. The summed E-state index contributed by atoms with van der Waals surface area (Å²) in [5.41, 5.74) is -0.750. The van der Waals surface area contributed by atoms with Crippen LogP contribution < -0.4 is 4.72 Å². The molecule has 1 aliphatic rings. The van der Waals surface area contributed by atoms with E-state index < -0.39 is 20.8 Å². The summed E-state index contributed by atoms with van der Waals surface area (Å²) in [6.45, 7) is 3.09. The number of rotatable bonds is 1. The molecule has 1 atom stereocenters. The van der Waals surface area contributed by atoms with Gasteiger partial charge in [-0.05, 0) is 25.5 Å². The number of Topliss-reactive ketones (excluding diaryl/α,β-unsaturated/α-hetero) is 1. The molecule has 6 heteroatoms. The van der Waals surface area contributed by atoms with Crippen molar-refractivity contribution in [2.24, 2.45) is 0 Å². The molecule has 0 saturated carbocycles. The van der Waals surface area contributed by atoms with Gasteiger partial charge in [0, 0.05) is 5.02 Å². The summed E-state index contributed by atoms with van der Waals surface area (Å²) in [6, 6.07) is 6.49. The van der Waals surface area contributed by atoms with Crippen molar-refractivity contribution in [3.63, 3.8) is 0 Å². The maximum Gasteiger partial charge on any atom is 0.226 e. The van der Waals surface area contributed by atoms with E-state index in [1.807, 2.05) is 0 Å². The van der Waals surface area contributed by atoms with Crippen molar-refractivity contribution in [1.82, 2.24) is 4.72 Å². The summed E-state index contributed by atoms with van der Waals surface area (Å²) >= 11 is 5.95. The summed E-state index contributed by atoms with van der Waals surface area (Å²) in [5, 5.41) is -0.930. The molecule has 1 unspecified atom stereocenters. The summed E-state index contributed by atoms with van der Waals surface area (Å²) in [4.78, 5) is 12.1. The predicted octanol–water partition coefficient (Wildman–Crippen LogP) is 1.66. The Morgan fingerprint density at radius 2 is 1.88 bits per heavy atom. The summed E-state index contributed by atoms with van der Waals surface area (Å²) in [6.07, 6.45) is 0. The SMILES string of the molecule is CC1(C)NS(=O)(=O)C(c2ccccc2Cl)C1=O. The van der Waals surface area contributed by atoms with E-state index in [-0.39, 0.29) is 10.8 Å². The van der Waals surface area contributed by atoms with Gasteiger partial charge in [0.25, 0.3) is 0 Å². The topological polar surface area (TPSA) is 63.2 Å². The Bertz CT molecular complexity index is 580. The second kappa shape index (κ2) is 3.80. The van der Waals surface area contributed by atoms with Crippen LogP contribution in [0.15, 0.2) is 24.3 Å². The van der Waals surface area contributed by atoms with Crippen molar-refractivity contribution < 1.29 is 13.2 Å². The van der Waals surface area contributed by atoms with Crippen molar-refractivity contribution in [1.29, 1.82) is 0 Å². The minimum absolute atomic E-state index is 0.286. The number of hydrogen-bond acceptors (Lipinski definition) is 3. The van der Waals surface area contributed by atoms with Gasteiger partial charge >= 0.3 is 0 Å². The minimum Gasteiger partial charge on any atom is -0.296 e. The fraction of sp³-hybridized carbons (Fsp3) is 0.364. The number of nitrogens with one attached hydrogen (secondary N) is 1. The fourth-order valence-electron chi connectivity index (χ4n) is 1.93. The second-order valence-electron chi connectivity index (χ2n) is 4.54. The number of hydrogen-bond donors (Lipinski definition) is 1. The molecule has 1 aliphatic heterocycles. The van der Waals surface area contributed by atoms with Gasteiger partial charge < -0.3 is 0 Å². The normalized spacial score (nSPS) is 26.1. The first-order valence-corrected chi connectivity index (χ1v) is 7.00. The van der Waals surface area contributed by atoms with Gasteiger partial charge in [-0.1, -0.05) is 29.8 Å². The molecule has 1 heterocycles. The zero-order valence-corrected chi connectivity index (χ0v) is 11.0. The van der Waals surface area contributed by atoms with E-state index in [4.69, 9.17) is 11.6 Å². The Labute approximate surface area is 105 Å². The van der Waals surface area contributed by atoms with Gasteiger partial charge in [-0.15, -0.1) is 0 Å². The second-order valence-corrected chi connectivity index (χ2v) is 6.71. The van der Waals surface area contributed by atoms with E-state index >= 15 is 0 Å². The van der Waals surface area contributed by atoms with Crippen molar-refractivity contribution in [2.45, 2.75) is 24.6 Å². The van der Waals surface area contributed by atoms with Crippen molar-refractivity contribution in [3.05, 3.63) is 34.9 Å². The summed E-state index contributed by atoms with van der Waals surface area (Å²) in [7, 11) is -3.70. The van der Waals surface area contributed by atoms with E-state index in [9.17, 15) is 13.2 Å². The number of carbonyl (C=O) groups excluding carboxylic acids is 1. The van der Waals surface area contributed by atoms with Gasteiger partial charge in [-0.25, -0.2) is 13.1 Å². The van der Waals surface area contributed by atoms with Crippen LogP contribution in [0.4, 0.5) is 0 Å². The van der Waals surface area contributed by atoms with Gasteiger partial charge in [0.15, 0.2) is 11.0 Å². The lowest BCUT2D eigenvalue weighted by molar-refractivity contribution is -0.122. The predicted molar refractivity (Wildman–Crippen MR) is 65.3 cm³/mol. The molecule has 0 aromatic heterocycles. The maximum atomic E-state index is 12.1. The van der Waals surface area contributed by atoms with Crippen LogP contribution in [0.1, 0.15) is 24.7 Å². The Balaban J connectivity index is 2.61. The standard InChI is InChI=1S/C11H12ClNO3S/c1-11(2)10(14)9(17(15,16)13-11)7-5-3-4-6-8(7)12/h3-6,9,13H,1-2H3. The van der Waals surface area contributed by atoms with Crippen LogP contribution in [-0.2, 0) is 14.8 Å². The fourth-order valence-corrected chi connectivity index (χ4v) is 4.29. The molecule has 1 N–H and O–H groups in total. The van der Waals surface area contributed by atoms with Crippen LogP contribution in [0.25, 0.3) is 0 Å². The van der Waals surface area contributed by atoms with Crippen LogP contribution in [0.2, 0.25) is 5.02 Å². The monoisotopic (exact) mass is 273 g/mol. The van der Waals surface area contributed by atoms with Crippen LogP contribution in [-0.4, -0.2) is 19.7 Å². The lowest BCUT2D eigenvalue weighted by atomic mass is 9.95. The summed E-state index contributed by atoms with van der Waals surface area (Å²) in [5.74, 6) is -0.384. The Hall–Kier alpha value is -0.910. The third-order valence-electron chi connectivity index (χ3n) is 2.75. The van der Waals surface area contributed by atoms with Gasteiger partial charge in [-0.3, -0.25) is 4.79 Å².